The first-order valence-electron chi connectivity index (χ1n) is 5.78. The fourth-order valence-electron chi connectivity index (χ4n) is 2.38. The van der Waals surface area contributed by atoms with Crippen LogP contribution in [0, 0.1) is 11.7 Å². The SMILES string of the molecule is CC(Nc1ccc(F)cc1)C1CCCC1. The average molecular weight is 207 g/mol. The Morgan fingerprint density at radius 1 is 1.20 bits per heavy atom. The molecule has 0 aliphatic heterocycles. The average Bonchev–Trinajstić information content (AvgIpc) is 2.74. The zero-order valence-electron chi connectivity index (χ0n) is 9.17. The van der Waals surface area contributed by atoms with Crippen LogP contribution in [0.4, 0.5) is 10.1 Å². The highest BCUT2D eigenvalue weighted by Crippen LogP contribution is 2.29. The first kappa shape index (κ1) is 10.5. The Kier molecular flexibility index (Phi) is 3.24. The van der Waals surface area contributed by atoms with Crippen molar-refractivity contribution in [2.75, 3.05) is 5.32 Å². The second-order valence-corrected chi connectivity index (χ2v) is 4.48. The summed E-state index contributed by atoms with van der Waals surface area (Å²) >= 11 is 0. The molecule has 82 valence electrons. The smallest absolute Gasteiger partial charge is 0.123 e. The quantitative estimate of drug-likeness (QED) is 0.794. The Labute approximate surface area is 90.7 Å². The molecule has 2 rings (SSSR count). The first-order valence-corrected chi connectivity index (χ1v) is 5.78. The molecule has 1 N–H and O–H groups in total. The Bertz CT molecular complexity index is 301. The van der Waals surface area contributed by atoms with Crippen LogP contribution in [0.25, 0.3) is 0 Å². The van der Waals surface area contributed by atoms with Crippen LogP contribution in [0.5, 0.6) is 0 Å². The molecule has 1 aliphatic rings. The van der Waals surface area contributed by atoms with Crippen LogP contribution >= 0.6 is 0 Å². The second kappa shape index (κ2) is 4.65. The van der Waals surface area contributed by atoms with E-state index in [0.29, 0.717) is 6.04 Å². The van der Waals surface area contributed by atoms with Crippen molar-refractivity contribution in [1.82, 2.24) is 0 Å². The van der Waals surface area contributed by atoms with Crippen molar-refractivity contribution in [3.63, 3.8) is 0 Å². The molecule has 1 saturated carbocycles. The van der Waals surface area contributed by atoms with Gasteiger partial charge in [0.15, 0.2) is 0 Å². The number of nitrogens with one attached hydrogen (secondary N) is 1. The summed E-state index contributed by atoms with van der Waals surface area (Å²) in [4.78, 5) is 0. The molecule has 0 bridgehead atoms. The third-order valence-corrected chi connectivity index (χ3v) is 3.35. The van der Waals surface area contributed by atoms with Gasteiger partial charge in [-0.15, -0.1) is 0 Å². The van der Waals surface area contributed by atoms with E-state index >= 15 is 0 Å². The first-order chi connectivity index (χ1) is 7.25. The van der Waals surface area contributed by atoms with Gasteiger partial charge in [0.1, 0.15) is 5.82 Å². The normalized spacial score (nSPS) is 19.1. The summed E-state index contributed by atoms with van der Waals surface area (Å²) < 4.78 is 12.7. The van der Waals surface area contributed by atoms with Gasteiger partial charge < -0.3 is 5.32 Å². The number of rotatable bonds is 3. The summed E-state index contributed by atoms with van der Waals surface area (Å²) in [6, 6.07) is 7.12. The van der Waals surface area contributed by atoms with Gasteiger partial charge in [0.05, 0.1) is 0 Å². The Morgan fingerprint density at radius 2 is 1.80 bits per heavy atom. The monoisotopic (exact) mass is 207 g/mol. The lowest BCUT2D eigenvalue weighted by atomic mass is 9.99. The largest absolute Gasteiger partial charge is 0.382 e. The van der Waals surface area contributed by atoms with Gasteiger partial charge in [0, 0.05) is 11.7 Å². The predicted octanol–water partition coefficient (Wildman–Crippen LogP) is 3.82. The van der Waals surface area contributed by atoms with E-state index < -0.39 is 0 Å². The maximum atomic E-state index is 12.7. The highest BCUT2D eigenvalue weighted by molar-refractivity contribution is 5.43. The predicted molar refractivity (Wildman–Crippen MR) is 61.4 cm³/mol. The molecule has 0 spiro atoms. The van der Waals surface area contributed by atoms with Crippen LogP contribution in [0.15, 0.2) is 24.3 Å². The molecule has 2 heteroatoms. The van der Waals surface area contributed by atoms with Gasteiger partial charge in [-0.1, -0.05) is 12.8 Å². The standard InChI is InChI=1S/C13H18FN/c1-10(11-4-2-3-5-11)15-13-8-6-12(14)7-9-13/h6-11,15H,2-5H2,1H3. The van der Waals surface area contributed by atoms with Crippen molar-refractivity contribution in [2.45, 2.75) is 38.6 Å². The molecule has 0 heterocycles. The van der Waals surface area contributed by atoms with Gasteiger partial charge in [-0.25, -0.2) is 4.39 Å². The van der Waals surface area contributed by atoms with E-state index in [4.69, 9.17) is 0 Å². The van der Waals surface area contributed by atoms with Gasteiger partial charge in [-0.2, -0.15) is 0 Å². The minimum Gasteiger partial charge on any atom is -0.382 e. The molecule has 1 atom stereocenters. The molecule has 1 aromatic carbocycles. The highest BCUT2D eigenvalue weighted by Gasteiger charge is 2.21. The van der Waals surface area contributed by atoms with Crippen molar-refractivity contribution >= 4 is 5.69 Å². The molecule has 0 saturated heterocycles. The van der Waals surface area contributed by atoms with Crippen molar-refractivity contribution in [3.8, 4) is 0 Å². The highest BCUT2D eigenvalue weighted by atomic mass is 19.1. The molecule has 1 fully saturated rings. The van der Waals surface area contributed by atoms with Crippen molar-refractivity contribution in [3.05, 3.63) is 30.1 Å². The van der Waals surface area contributed by atoms with Crippen LogP contribution in [-0.2, 0) is 0 Å². The lowest BCUT2D eigenvalue weighted by Crippen LogP contribution is -2.23. The van der Waals surface area contributed by atoms with E-state index in [2.05, 4.69) is 12.2 Å². The minimum atomic E-state index is -0.172. The Morgan fingerprint density at radius 3 is 2.40 bits per heavy atom. The van der Waals surface area contributed by atoms with E-state index in [1.807, 2.05) is 0 Å². The van der Waals surface area contributed by atoms with Crippen LogP contribution in [0.2, 0.25) is 0 Å². The molecule has 1 aromatic rings. The second-order valence-electron chi connectivity index (χ2n) is 4.48. The maximum Gasteiger partial charge on any atom is 0.123 e. The van der Waals surface area contributed by atoms with Crippen LogP contribution in [-0.4, -0.2) is 6.04 Å². The van der Waals surface area contributed by atoms with Crippen LogP contribution in [0.1, 0.15) is 32.6 Å². The van der Waals surface area contributed by atoms with E-state index in [1.165, 1.54) is 37.8 Å². The van der Waals surface area contributed by atoms with Crippen LogP contribution in [0.3, 0.4) is 0 Å². The Balaban J connectivity index is 1.92. The fourth-order valence-corrected chi connectivity index (χ4v) is 2.38. The summed E-state index contributed by atoms with van der Waals surface area (Å²) in [6.07, 6.45) is 5.38. The fraction of sp³-hybridized carbons (Fsp3) is 0.538. The molecular weight excluding hydrogens is 189 g/mol. The molecule has 0 radical (unpaired) electrons. The molecule has 1 unspecified atom stereocenters. The third kappa shape index (κ3) is 2.71. The number of anilines is 1. The molecule has 15 heavy (non-hydrogen) atoms. The summed E-state index contributed by atoms with van der Waals surface area (Å²) in [5, 5.41) is 3.44. The number of benzene rings is 1. The summed E-state index contributed by atoms with van der Waals surface area (Å²) in [5.41, 5.74) is 1.02. The summed E-state index contributed by atoms with van der Waals surface area (Å²) in [6.45, 7) is 2.22. The lowest BCUT2D eigenvalue weighted by Gasteiger charge is -2.21. The molecular formula is C13H18FN. The van der Waals surface area contributed by atoms with E-state index in [0.717, 1.165) is 11.6 Å². The van der Waals surface area contributed by atoms with Crippen molar-refractivity contribution in [2.24, 2.45) is 5.92 Å². The van der Waals surface area contributed by atoms with Crippen LogP contribution < -0.4 is 5.32 Å². The lowest BCUT2D eigenvalue weighted by molar-refractivity contribution is 0.482. The topological polar surface area (TPSA) is 12.0 Å². The van der Waals surface area contributed by atoms with Gasteiger partial charge in [-0.3, -0.25) is 0 Å². The zero-order valence-corrected chi connectivity index (χ0v) is 9.17. The zero-order chi connectivity index (χ0) is 10.7. The maximum absolute atomic E-state index is 12.7. The van der Waals surface area contributed by atoms with Gasteiger partial charge in [0.2, 0.25) is 0 Å². The van der Waals surface area contributed by atoms with Crippen molar-refractivity contribution in [1.29, 1.82) is 0 Å². The van der Waals surface area contributed by atoms with Gasteiger partial charge in [0.25, 0.3) is 0 Å². The number of halogens is 1. The summed E-state index contributed by atoms with van der Waals surface area (Å²) in [5.74, 6) is 0.615. The van der Waals surface area contributed by atoms with E-state index in [9.17, 15) is 4.39 Å². The number of hydrogen-bond donors (Lipinski definition) is 1. The van der Waals surface area contributed by atoms with Crippen molar-refractivity contribution < 1.29 is 4.39 Å². The molecule has 0 aromatic heterocycles. The molecule has 0 amide bonds. The Hall–Kier alpha value is -1.05. The summed E-state index contributed by atoms with van der Waals surface area (Å²) in [7, 11) is 0. The minimum absolute atomic E-state index is 0.172. The van der Waals surface area contributed by atoms with Gasteiger partial charge in [-0.05, 0) is 49.9 Å². The van der Waals surface area contributed by atoms with Gasteiger partial charge >= 0.3 is 0 Å². The third-order valence-electron chi connectivity index (χ3n) is 3.35. The molecule has 1 nitrogen and oxygen atoms in total. The number of hydrogen-bond acceptors (Lipinski definition) is 1. The molecule has 1 aliphatic carbocycles. The van der Waals surface area contributed by atoms with E-state index in [-0.39, 0.29) is 5.82 Å². The van der Waals surface area contributed by atoms with E-state index in [1.54, 1.807) is 12.1 Å².